The lowest BCUT2D eigenvalue weighted by molar-refractivity contribution is 0.383. The molecule has 1 atom stereocenters. The van der Waals surface area contributed by atoms with E-state index in [1.807, 2.05) is 12.1 Å². The fourth-order valence-electron chi connectivity index (χ4n) is 1.82. The van der Waals surface area contributed by atoms with Crippen molar-refractivity contribution in [1.29, 1.82) is 0 Å². The van der Waals surface area contributed by atoms with E-state index < -0.39 is 0 Å². The molecule has 2 aromatic rings. The summed E-state index contributed by atoms with van der Waals surface area (Å²) >= 11 is 0. The van der Waals surface area contributed by atoms with Gasteiger partial charge in [0.2, 0.25) is 5.88 Å². The Bertz CT molecular complexity index is 489. The van der Waals surface area contributed by atoms with E-state index in [1.54, 1.807) is 31.9 Å². The summed E-state index contributed by atoms with van der Waals surface area (Å²) in [6.45, 7) is 2.88. The van der Waals surface area contributed by atoms with Crippen LogP contribution in [0.4, 0.5) is 0 Å². The first-order chi connectivity index (χ1) is 8.86. The average Bonchev–Trinajstić information content (AvgIpc) is 2.46. The highest BCUT2D eigenvalue weighted by Gasteiger charge is 2.19. The van der Waals surface area contributed by atoms with Gasteiger partial charge in [-0.1, -0.05) is 6.92 Å². The van der Waals surface area contributed by atoms with Crippen molar-refractivity contribution in [1.82, 2.24) is 20.3 Å². The molecule has 0 saturated carbocycles. The van der Waals surface area contributed by atoms with Gasteiger partial charge in [0.1, 0.15) is 5.69 Å². The Balaban J connectivity index is 2.41. The monoisotopic (exact) mass is 244 g/mol. The molecule has 94 valence electrons. The van der Waals surface area contributed by atoms with Gasteiger partial charge in [0.05, 0.1) is 13.2 Å². The Hall–Kier alpha value is -2.01. The highest BCUT2D eigenvalue weighted by molar-refractivity contribution is 5.31. The van der Waals surface area contributed by atoms with Crippen LogP contribution in [0.15, 0.2) is 36.9 Å². The third kappa shape index (κ3) is 2.62. The number of nitrogens with zero attached hydrogens (tertiary/aromatic N) is 3. The molecule has 0 aromatic carbocycles. The van der Waals surface area contributed by atoms with Gasteiger partial charge < -0.3 is 10.1 Å². The predicted octanol–water partition coefficient (Wildman–Crippen LogP) is 1.58. The van der Waals surface area contributed by atoms with Crippen LogP contribution in [0.25, 0.3) is 0 Å². The average molecular weight is 244 g/mol. The second-order valence-corrected chi connectivity index (χ2v) is 3.72. The number of aromatic nitrogens is 3. The molecule has 0 amide bonds. The Kier molecular flexibility index (Phi) is 4.20. The first kappa shape index (κ1) is 12.4. The van der Waals surface area contributed by atoms with E-state index in [1.165, 1.54) is 0 Å². The van der Waals surface area contributed by atoms with E-state index in [0.29, 0.717) is 5.88 Å². The Labute approximate surface area is 106 Å². The SMILES string of the molecule is CCNC(c1ccncc1)c1nccnc1OC. The standard InChI is InChI=1S/C13H16N4O/c1-3-15-11(10-4-6-14-7-5-10)12-13(18-2)17-9-8-16-12/h4-9,11,15H,3H2,1-2H3. The van der Waals surface area contributed by atoms with Crippen molar-refractivity contribution >= 4 is 0 Å². The molecule has 0 aliphatic rings. The van der Waals surface area contributed by atoms with Crippen LogP contribution < -0.4 is 10.1 Å². The molecule has 2 heterocycles. The zero-order chi connectivity index (χ0) is 12.8. The smallest absolute Gasteiger partial charge is 0.237 e. The van der Waals surface area contributed by atoms with Crippen molar-refractivity contribution in [2.45, 2.75) is 13.0 Å². The first-order valence-corrected chi connectivity index (χ1v) is 5.85. The van der Waals surface area contributed by atoms with Crippen LogP contribution in [0.3, 0.4) is 0 Å². The van der Waals surface area contributed by atoms with Crippen LogP contribution in [0.2, 0.25) is 0 Å². The van der Waals surface area contributed by atoms with E-state index in [9.17, 15) is 0 Å². The molecular formula is C13H16N4O. The molecule has 0 aliphatic carbocycles. The van der Waals surface area contributed by atoms with Gasteiger partial charge in [0, 0.05) is 24.8 Å². The maximum absolute atomic E-state index is 5.26. The fraction of sp³-hybridized carbons (Fsp3) is 0.308. The van der Waals surface area contributed by atoms with Crippen molar-refractivity contribution < 1.29 is 4.74 Å². The second kappa shape index (κ2) is 6.07. The largest absolute Gasteiger partial charge is 0.480 e. The lowest BCUT2D eigenvalue weighted by Crippen LogP contribution is -2.23. The van der Waals surface area contributed by atoms with Crippen LogP contribution in [0.5, 0.6) is 5.88 Å². The number of rotatable bonds is 5. The molecule has 1 unspecified atom stereocenters. The molecule has 0 saturated heterocycles. The third-order valence-corrected chi connectivity index (χ3v) is 2.61. The summed E-state index contributed by atoms with van der Waals surface area (Å²) in [5.74, 6) is 0.542. The van der Waals surface area contributed by atoms with Crippen LogP contribution in [0, 0.1) is 0 Å². The summed E-state index contributed by atoms with van der Waals surface area (Å²) in [6.07, 6.45) is 6.83. The summed E-state index contributed by atoms with van der Waals surface area (Å²) in [7, 11) is 1.60. The highest BCUT2D eigenvalue weighted by Crippen LogP contribution is 2.25. The predicted molar refractivity (Wildman–Crippen MR) is 68.3 cm³/mol. The van der Waals surface area contributed by atoms with Crippen molar-refractivity contribution in [3.05, 3.63) is 48.2 Å². The van der Waals surface area contributed by atoms with Crippen LogP contribution >= 0.6 is 0 Å². The Morgan fingerprint density at radius 1 is 1.17 bits per heavy atom. The van der Waals surface area contributed by atoms with Crippen molar-refractivity contribution in [2.24, 2.45) is 0 Å². The number of ether oxygens (including phenoxy) is 1. The molecule has 0 radical (unpaired) electrons. The quantitative estimate of drug-likeness (QED) is 0.865. The number of nitrogens with one attached hydrogen (secondary N) is 1. The minimum Gasteiger partial charge on any atom is -0.480 e. The molecule has 5 nitrogen and oxygen atoms in total. The van der Waals surface area contributed by atoms with E-state index in [2.05, 4.69) is 27.2 Å². The van der Waals surface area contributed by atoms with Gasteiger partial charge in [-0.15, -0.1) is 0 Å². The van der Waals surface area contributed by atoms with E-state index >= 15 is 0 Å². The first-order valence-electron chi connectivity index (χ1n) is 5.85. The molecule has 0 spiro atoms. The van der Waals surface area contributed by atoms with Crippen molar-refractivity contribution in [3.8, 4) is 5.88 Å². The Morgan fingerprint density at radius 3 is 2.56 bits per heavy atom. The minimum atomic E-state index is -0.0401. The number of methoxy groups -OCH3 is 1. The van der Waals surface area contributed by atoms with Crippen molar-refractivity contribution in [2.75, 3.05) is 13.7 Å². The summed E-state index contributed by atoms with van der Waals surface area (Å²) in [5, 5.41) is 3.38. The number of hydrogen-bond acceptors (Lipinski definition) is 5. The van der Waals surface area contributed by atoms with Gasteiger partial charge in [-0.05, 0) is 24.2 Å². The summed E-state index contributed by atoms with van der Waals surface area (Å²) in [4.78, 5) is 12.6. The van der Waals surface area contributed by atoms with Gasteiger partial charge in [-0.3, -0.25) is 9.97 Å². The zero-order valence-electron chi connectivity index (χ0n) is 10.5. The molecular weight excluding hydrogens is 228 g/mol. The molecule has 0 fully saturated rings. The molecule has 5 heteroatoms. The molecule has 0 bridgehead atoms. The van der Waals surface area contributed by atoms with Crippen molar-refractivity contribution in [3.63, 3.8) is 0 Å². The molecule has 0 aliphatic heterocycles. The summed E-state index contributed by atoms with van der Waals surface area (Å²) in [6, 6.07) is 3.88. The van der Waals surface area contributed by atoms with E-state index in [0.717, 1.165) is 17.8 Å². The maximum Gasteiger partial charge on any atom is 0.237 e. The summed E-state index contributed by atoms with van der Waals surface area (Å²) in [5.41, 5.74) is 1.87. The maximum atomic E-state index is 5.26. The van der Waals surface area contributed by atoms with Gasteiger partial charge >= 0.3 is 0 Å². The zero-order valence-corrected chi connectivity index (χ0v) is 10.5. The lowest BCUT2D eigenvalue weighted by Gasteiger charge is -2.18. The molecule has 1 N–H and O–H groups in total. The molecule has 2 aromatic heterocycles. The normalized spacial score (nSPS) is 12.1. The van der Waals surface area contributed by atoms with Crippen LogP contribution in [0.1, 0.15) is 24.2 Å². The Morgan fingerprint density at radius 2 is 1.89 bits per heavy atom. The molecule has 2 rings (SSSR count). The highest BCUT2D eigenvalue weighted by atomic mass is 16.5. The fourth-order valence-corrected chi connectivity index (χ4v) is 1.82. The number of hydrogen-bond donors (Lipinski definition) is 1. The second-order valence-electron chi connectivity index (χ2n) is 3.72. The lowest BCUT2D eigenvalue weighted by atomic mass is 10.1. The molecule has 18 heavy (non-hydrogen) atoms. The van der Waals surface area contributed by atoms with Gasteiger partial charge in [0.25, 0.3) is 0 Å². The van der Waals surface area contributed by atoms with Crippen LogP contribution in [-0.4, -0.2) is 28.6 Å². The van der Waals surface area contributed by atoms with Gasteiger partial charge in [0.15, 0.2) is 0 Å². The van der Waals surface area contributed by atoms with Crippen LogP contribution in [-0.2, 0) is 0 Å². The van der Waals surface area contributed by atoms with Gasteiger partial charge in [-0.2, -0.15) is 0 Å². The van der Waals surface area contributed by atoms with Gasteiger partial charge in [-0.25, -0.2) is 4.98 Å². The van der Waals surface area contributed by atoms with E-state index in [-0.39, 0.29) is 6.04 Å². The summed E-state index contributed by atoms with van der Waals surface area (Å²) < 4.78 is 5.26. The van der Waals surface area contributed by atoms with E-state index in [4.69, 9.17) is 4.74 Å². The topological polar surface area (TPSA) is 59.9 Å². The number of pyridine rings is 1. The minimum absolute atomic E-state index is 0.0401. The third-order valence-electron chi connectivity index (χ3n) is 2.61.